The molecule has 0 spiro atoms. The summed E-state index contributed by atoms with van der Waals surface area (Å²) in [4.78, 5) is 18.2. The summed E-state index contributed by atoms with van der Waals surface area (Å²) < 4.78 is 71.8. The third-order valence-corrected chi connectivity index (χ3v) is 4.51. The highest BCUT2D eigenvalue weighted by Crippen LogP contribution is 2.30. The van der Waals surface area contributed by atoms with Crippen molar-refractivity contribution in [1.82, 2.24) is 10.6 Å². The molecule has 30 heavy (non-hydrogen) atoms. The quantitative estimate of drug-likeness (QED) is 0.267. The van der Waals surface area contributed by atoms with Crippen LogP contribution >= 0.6 is 0 Å². The van der Waals surface area contributed by atoms with Gasteiger partial charge >= 0.3 is 24.3 Å². The smallest absolute Gasteiger partial charge is 0.414 e. The normalized spacial score (nSPS) is 20.7. The van der Waals surface area contributed by atoms with E-state index >= 15 is 0 Å². The van der Waals surface area contributed by atoms with Gasteiger partial charge in [0.1, 0.15) is 0 Å². The Kier molecular flexibility index (Phi) is 12.2. The Labute approximate surface area is 168 Å². The minimum atomic E-state index is -4.46. The molecule has 8 nitrogen and oxygen atoms in total. The van der Waals surface area contributed by atoms with Crippen LogP contribution in [0.5, 0.6) is 0 Å². The summed E-state index contributed by atoms with van der Waals surface area (Å²) in [5.74, 6) is -4.89. The van der Waals surface area contributed by atoms with Crippen LogP contribution in [0, 0.1) is 11.8 Å². The zero-order chi connectivity index (χ0) is 23.5. The first-order chi connectivity index (χ1) is 13.7. The Hall–Kier alpha value is -1.64. The van der Waals surface area contributed by atoms with Crippen molar-refractivity contribution in [3.8, 4) is 0 Å². The molecule has 2 aliphatic rings. The van der Waals surface area contributed by atoms with Crippen molar-refractivity contribution in [1.29, 1.82) is 0 Å². The standard InChI is InChI=1S/2C7H12F3NO.C2H2O4/c2*8-7(9,10)6(12)5-1-3-11-4-2-5;3-1(4)2(5)6/h2*5-6,11-12H,1-4H2;(H,3,4)(H,5,6). The van der Waals surface area contributed by atoms with Gasteiger partial charge in [-0.25, -0.2) is 9.59 Å². The van der Waals surface area contributed by atoms with Gasteiger partial charge in [-0.05, 0) is 63.7 Å². The van der Waals surface area contributed by atoms with E-state index in [1.165, 1.54) is 0 Å². The van der Waals surface area contributed by atoms with Gasteiger partial charge in [-0.2, -0.15) is 26.3 Å². The van der Waals surface area contributed by atoms with Crippen LogP contribution in [0.1, 0.15) is 25.7 Å². The second kappa shape index (κ2) is 12.9. The molecule has 0 aromatic rings. The molecule has 0 aliphatic carbocycles. The molecule has 0 aromatic carbocycles. The van der Waals surface area contributed by atoms with Crippen molar-refractivity contribution >= 4 is 11.9 Å². The van der Waals surface area contributed by atoms with Crippen molar-refractivity contribution in [3.63, 3.8) is 0 Å². The van der Waals surface area contributed by atoms with E-state index in [9.17, 15) is 26.3 Å². The van der Waals surface area contributed by atoms with E-state index in [-0.39, 0.29) is 0 Å². The summed E-state index contributed by atoms with van der Waals surface area (Å²) >= 11 is 0. The van der Waals surface area contributed by atoms with E-state index in [0.29, 0.717) is 51.9 Å². The largest absolute Gasteiger partial charge is 0.473 e. The number of aliphatic hydroxyl groups excluding tert-OH is 2. The van der Waals surface area contributed by atoms with Crippen LogP contribution in [0.2, 0.25) is 0 Å². The third kappa shape index (κ3) is 11.5. The lowest BCUT2D eigenvalue weighted by molar-refractivity contribution is -0.221. The van der Waals surface area contributed by atoms with Gasteiger partial charge < -0.3 is 31.1 Å². The Morgan fingerprint density at radius 1 is 0.667 bits per heavy atom. The molecule has 2 rings (SSSR count). The topological polar surface area (TPSA) is 139 Å². The van der Waals surface area contributed by atoms with Crippen LogP contribution in [0.3, 0.4) is 0 Å². The fraction of sp³-hybridized carbons (Fsp3) is 0.875. The summed E-state index contributed by atoms with van der Waals surface area (Å²) in [6.45, 7) is 2.27. The van der Waals surface area contributed by atoms with Gasteiger partial charge in [0, 0.05) is 0 Å². The monoisotopic (exact) mass is 456 g/mol. The Balaban J connectivity index is 0.000000447. The molecule has 2 saturated heterocycles. The van der Waals surface area contributed by atoms with E-state index in [1.54, 1.807) is 0 Å². The van der Waals surface area contributed by atoms with Gasteiger partial charge in [-0.1, -0.05) is 0 Å². The number of carboxylic acid groups (broad SMARTS) is 2. The predicted molar refractivity (Wildman–Crippen MR) is 90.6 cm³/mol. The maximum absolute atomic E-state index is 12.0. The van der Waals surface area contributed by atoms with Crippen LogP contribution in [0.4, 0.5) is 26.3 Å². The number of hydrogen-bond donors (Lipinski definition) is 6. The van der Waals surface area contributed by atoms with Crippen molar-refractivity contribution in [2.45, 2.75) is 50.2 Å². The third-order valence-electron chi connectivity index (χ3n) is 4.51. The van der Waals surface area contributed by atoms with Gasteiger partial charge in [-0.3, -0.25) is 0 Å². The lowest BCUT2D eigenvalue weighted by Crippen LogP contribution is -2.41. The SMILES string of the molecule is O=C(O)C(=O)O.OC(C1CCNCC1)C(F)(F)F.OC(C1CCNCC1)C(F)(F)F. The first-order valence-electron chi connectivity index (χ1n) is 9.05. The number of nitrogens with one attached hydrogen (secondary N) is 2. The molecule has 0 bridgehead atoms. The summed E-state index contributed by atoms with van der Waals surface area (Å²) in [6, 6.07) is 0. The van der Waals surface area contributed by atoms with Crippen LogP contribution < -0.4 is 10.6 Å². The molecule has 14 heteroatoms. The molecule has 2 heterocycles. The number of carbonyl (C=O) groups is 2. The van der Waals surface area contributed by atoms with Gasteiger partial charge in [0.2, 0.25) is 0 Å². The lowest BCUT2D eigenvalue weighted by Gasteiger charge is -2.28. The molecule has 0 radical (unpaired) electrons. The number of aliphatic hydroxyl groups is 2. The molecule has 178 valence electrons. The van der Waals surface area contributed by atoms with Crippen LogP contribution in [0.15, 0.2) is 0 Å². The minimum Gasteiger partial charge on any atom is -0.473 e. The molecule has 2 unspecified atom stereocenters. The van der Waals surface area contributed by atoms with Crippen LogP contribution in [0.25, 0.3) is 0 Å². The lowest BCUT2D eigenvalue weighted by atomic mass is 9.92. The first-order valence-corrected chi connectivity index (χ1v) is 9.05. The molecule has 0 saturated carbocycles. The number of aliphatic carboxylic acids is 2. The summed E-state index contributed by atoms with van der Waals surface area (Å²) in [5.41, 5.74) is 0. The zero-order valence-corrected chi connectivity index (χ0v) is 15.8. The van der Waals surface area contributed by atoms with Crippen molar-refractivity contribution in [2.24, 2.45) is 11.8 Å². The molecule has 0 amide bonds. The number of hydrogen-bond acceptors (Lipinski definition) is 6. The number of piperidine rings is 2. The number of carboxylic acids is 2. The number of alkyl halides is 6. The second-order valence-corrected chi connectivity index (χ2v) is 6.76. The second-order valence-electron chi connectivity index (χ2n) is 6.76. The highest BCUT2D eigenvalue weighted by molar-refractivity contribution is 6.27. The van der Waals surface area contributed by atoms with Crippen molar-refractivity contribution in [2.75, 3.05) is 26.2 Å². The number of halogens is 6. The molecule has 2 fully saturated rings. The highest BCUT2D eigenvalue weighted by atomic mass is 19.4. The molecule has 6 N–H and O–H groups in total. The molecular formula is C16H26F6N2O6. The molecule has 2 aliphatic heterocycles. The van der Waals surface area contributed by atoms with Gasteiger partial charge in [0.05, 0.1) is 0 Å². The van der Waals surface area contributed by atoms with E-state index in [1.807, 2.05) is 0 Å². The fourth-order valence-electron chi connectivity index (χ4n) is 2.85. The Morgan fingerprint density at radius 3 is 1.07 bits per heavy atom. The number of rotatable bonds is 2. The fourth-order valence-corrected chi connectivity index (χ4v) is 2.85. The summed E-state index contributed by atoms with van der Waals surface area (Å²) in [5, 5.41) is 38.4. The minimum absolute atomic E-state index is 0.403. The Morgan fingerprint density at radius 2 is 0.900 bits per heavy atom. The average Bonchev–Trinajstić information content (AvgIpc) is 2.67. The molecule has 0 aromatic heterocycles. The Bertz CT molecular complexity index is 473. The van der Waals surface area contributed by atoms with Crippen LogP contribution in [-0.2, 0) is 9.59 Å². The molecular weight excluding hydrogens is 430 g/mol. The first kappa shape index (κ1) is 28.4. The maximum atomic E-state index is 12.0. The van der Waals surface area contributed by atoms with Crippen molar-refractivity contribution < 1.29 is 56.4 Å². The van der Waals surface area contributed by atoms with E-state index in [4.69, 9.17) is 30.0 Å². The predicted octanol–water partition coefficient (Wildman–Crippen LogP) is 0.974. The van der Waals surface area contributed by atoms with Gasteiger partial charge in [0.15, 0.2) is 12.2 Å². The zero-order valence-electron chi connectivity index (χ0n) is 15.8. The maximum Gasteiger partial charge on any atom is 0.414 e. The van der Waals surface area contributed by atoms with Crippen molar-refractivity contribution in [3.05, 3.63) is 0 Å². The molecule has 2 atom stereocenters. The van der Waals surface area contributed by atoms with E-state index in [2.05, 4.69) is 10.6 Å². The average molecular weight is 456 g/mol. The van der Waals surface area contributed by atoms with Gasteiger partial charge in [0.25, 0.3) is 0 Å². The van der Waals surface area contributed by atoms with E-state index in [0.717, 1.165) is 0 Å². The summed E-state index contributed by atoms with van der Waals surface area (Å²) in [7, 11) is 0. The van der Waals surface area contributed by atoms with Crippen LogP contribution in [-0.4, -0.2) is 83.1 Å². The summed E-state index contributed by atoms with van der Waals surface area (Å²) in [6.07, 6.45) is -11.6. The van der Waals surface area contributed by atoms with Gasteiger partial charge in [-0.15, -0.1) is 0 Å². The highest BCUT2D eigenvalue weighted by Gasteiger charge is 2.44. The van der Waals surface area contributed by atoms with E-state index < -0.39 is 48.3 Å².